The molecule has 0 unspecified atom stereocenters. The molecule has 0 aliphatic carbocycles. The summed E-state index contributed by atoms with van der Waals surface area (Å²) in [5, 5.41) is 14.2. The fourth-order valence-corrected chi connectivity index (χ4v) is 1.64. The molecule has 1 N–H and O–H groups in total. The third-order valence-electron chi connectivity index (χ3n) is 2.79. The van der Waals surface area contributed by atoms with Crippen molar-refractivity contribution in [2.75, 3.05) is 18.5 Å². The SMILES string of the molecule is CCCCOc1nc(C(C)(C)C)nc(NCC)c1[N+](=O)[O-]. The molecular weight excluding hydrogens is 272 g/mol. The molecule has 0 aliphatic rings. The monoisotopic (exact) mass is 296 g/mol. The van der Waals surface area contributed by atoms with Crippen molar-refractivity contribution in [2.24, 2.45) is 0 Å². The average molecular weight is 296 g/mol. The van der Waals surface area contributed by atoms with Gasteiger partial charge < -0.3 is 10.1 Å². The Balaban J connectivity index is 3.33. The molecule has 1 rings (SSSR count). The predicted octanol–water partition coefficient (Wildman–Crippen LogP) is 3.29. The van der Waals surface area contributed by atoms with Crippen molar-refractivity contribution in [3.8, 4) is 5.88 Å². The van der Waals surface area contributed by atoms with Gasteiger partial charge in [-0.3, -0.25) is 10.1 Å². The van der Waals surface area contributed by atoms with Gasteiger partial charge >= 0.3 is 5.69 Å². The zero-order valence-corrected chi connectivity index (χ0v) is 13.4. The molecule has 1 aromatic heterocycles. The van der Waals surface area contributed by atoms with Crippen LogP contribution in [0.25, 0.3) is 0 Å². The Hall–Kier alpha value is -1.92. The van der Waals surface area contributed by atoms with E-state index in [9.17, 15) is 10.1 Å². The van der Waals surface area contributed by atoms with E-state index in [2.05, 4.69) is 15.3 Å². The Morgan fingerprint density at radius 2 is 1.95 bits per heavy atom. The van der Waals surface area contributed by atoms with Crippen molar-refractivity contribution in [1.29, 1.82) is 0 Å². The van der Waals surface area contributed by atoms with E-state index < -0.39 is 4.92 Å². The molecule has 7 heteroatoms. The van der Waals surface area contributed by atoms with E-state index in [4.69, 9.17) is 4.74 Å². The Kier molecular flexibility index (Phi) is 5.87. The molecule has 1 heterocycles. The molecule has 0 saturated heterocycles. The Morgan fingerprint density at radius 3 is 2.43 bits per heavy atom. The Morgan fingerprint density at radius 1 is 1.29 bits per heavy atom. The fourth-order valence-electron chi connectivity index (χ4n) is 1.64. The highest BCUT2D eigenvalue weighted by atomic mass is 16.6. The Labute approximate surface area is 125 Å². The third kappa shape index (κ3) is 4.54. The fraction of sp³-hybridized carbons (Fsp3) is 0.714. The second-order valence-electron chi connectivity index (χ2n) is 5.79. The lowest BCUT2D eigenvalue weighted by molar-refractivity contribution is -0.385. The van der Waals surface area contributed by atoms with Gasteiger partial charge in [0.05, 0.1) is 11.5 Å². The number of aromatic nitrogens is 2. The minimum Gasteiger partial charge on any atom is -0.473 e. The van der Waals surface area contributed by atoms with Gasteiger partial charge in [0.2, 0.25) is 5.82 Å². The van der Waals surface area contributed by atoms with Gasteiger partial charge in [0.25, 0.3) is 5.88 Å². The number of nitro groups is 1. The number of nitrogens with zero attached hydrogens (tertiary/aromatic N) is 3. The Bertz CT molecular complexity index is 498. The minimum absolute atomic E-state index is 0.0457. The van der Waals surface area contributed by atoms with Gasteiger partial charge in [0.1, 0.15) is 5.82 Å². The normalized spacial score (nSPS) is 11.3. The van der Waals surface area contributed by atoms with Gasteiger partial charge in [-0.05, 0) is 13.3 Å². The average Bonchev–Trinajstić information content (AvgIpc) is 2.37. The molecular formula is C14H24N4O3. The second kappa shape index (κ2) is 7.19. The molecule has 0 atom stereocenters. The number of nitrogens with one attached hydrogen (secondary N) is 1. The molecule has 0 radical (unpaired) electrons. The van der Waals surface area contributed by atoms with E-state index >= 15 is 0 Å². The van der Waals surface area contributed by atoms with Crippen LogP contribution >= 0.6 is 0 Å². The maximum absolute atomic E-state index is 11.3. The summed E-state index contributed by atoms with van der Waals surface area (Å²) in [4.78, 5) is 19.4. The van der Waals surface area contributed by atoms with Crippen molar-refractivity contribution in [3.05, 3.63) is 15.9 Å². The highest BCUT2D eigenvalue weighted by Crippen LogP contribution is 2.34. The highest BCUT2D eigenvalue weighted by Gasteiger charge is 2.29. The van der Waals surface area contributed by atoms with Crippen LogP contribution in [0.2, 0.25) is 0 Å². The van der Waals surface area contributed by atoms with Crippen LogP contribution in [0.4, 0.5) is 11.5 Å². The first-order valence-corrected chi connectivity index (χ1v) is 7.24. The van der Waals surface area contributed by atoms with Gasteiger partial charge in [0.15, 0.2) is 0 Å². The maximum atomic E-state index is 11.3. The van der Waals surface area contributed by atoms with Crippen molar-refractivity contribution in [2.45, 2.75) is 52.9 Å². The number of unbranched alkanes of at least 4 members (excludes halogenated alkanes) is 1. The zero-order chi connectivity index (χ0) is 16.0. The van der Waals surface area contributed by atoms with E-state index in [1.165, 1.54) is 0 Å². The predicted molar refractivity (Wildman–Crippen MR) is 82.0 cm³/mol. The first kappa shape index (κ1) is 17.1. The quantitative estimate of drug-likeness (QED) is 0.471. The topological polar surface area (TPSA) is 90.2 Å². The zero-order valence-electron chi connectivity index (χ0n) is 13.4. The number of anilines is 1. The molecule has 21 heavy (non-hydrogen) atoms. The molecule has 0 fully saturated rings. The summed E-state index contributed by atoms with van der Waals surface area (Å²) in [5.74, 6) is 0.786. The van der Waals surface area contributed by atoms with Gasteiger partial charge in [-0.15, -0.1) is 0 Å². The van der Waals surface area contributed by atoms with Crippen LogP contribution in [0.1, 0.15) is 53.3 Å². The lowest BCUT2D eigenvalue weighted by Gasteiger charge is -2.19. The molecule has 0 amide bonds. The van der Waals surface area contributed by atoms with Crippen LogP contribution in [0.15, 0.2) is 0 Å². The van der Waals surface area contributed by atoms with Gasteiger partial charge in [-0.1, -0.05) is 34.1 Å². The summed E-state index contributed by atoms with van der Waals surface area (Å²) in [6, 6.07) is 0. The lowest BCUT2D eigenvalue weighted by atomic mass is 9.96. The van der Waals surface area contributed by atoms with Gasteiger partial charge in [-0.25, -0.2) is 4.98 Å². The molecule has 0 aromatic carbocycles. The first-order chi connectivity index (χ1) is 9.81. The summed E-state index contributed by atoms with van der Waals surface area (Å²) in [5.41, 5.74) is -0.511. The van der Waals surface area contributed by atoms with Crippen LogP contribution in [0.5, 0.6) is 5.88 Å². The smallest absolute Gasteiger partial charge is 0.372 e. The van der Waals surface area contributed by atoms with Crippen molar-refractivity contribution >= 4 is 11.5 Å². The first-order valence-electron chi connectivity index (χ1n) is 7.24. The van der Waals surface area contributed by atoms with E-state index in [1.807, 2.05) is 34.6 Å². The number of hydrogen-bond donors (Lipinski definition) is 1. The number of hydrogen-bond acceptors (Lipinski definition) is 6. The van der Waals surface area contributed by atoms with Gasteiger partial charge in [0, 0.05) is 12.0 Å². The van der Waals surface area contributed by atoms with Crippen LogP contribution in [0.3, 0.4) is 0 Å². The molecule has 118 valence electrons. The van der Waals surface area contributed by atoms with E-state index in [1.54, 1.807) is 0 Å². The molecule has 0 aliphatic heterocycles. The summed E-state index contributed by atoms with van der Waals surface area (Å²) >= 11 is 0. The highest BCUT2D eigenvalue weighted by molar-refractivity contribution is 5.62. The van der Waals surface area contributed by atoms with Gasteiger partial charge in [-0.2, -0.15) is 4.98 Å². The minimum atomic E-state index is -0.494. The van der Waals surface area contributed by atoms with Crippen LogP contribution in [-0.4, -0.2) is 28.0 Å². The molecule has 0 saturated carbocycles. The van der Waals surface area contributed by atoms with Crippen LogP contribution < -0.4 is 10.1 Å². The lowest BCUT2D eigenvalue weighted by Crippen LogP contribution is -2.19. The largest absolute Gasteiger partial charge is 0.473 e. The van der Waals surface area contributed by atoms with E-state index in [-0.39, 0.29) is 22.8 Å². The van der Waals surface area contributed by atoms with Crippen LogP contribution in [-0.2, 0) is 5.41 Å². The van der Waals surface area contributed by atoms with Crippen molar-refractivity contribution in [1.82, 2.24) is 9.97 Å². The summed E-state index contributed by atoms with van der Waals surface area (Å²) in [6.07, 6.45) is 1.77. The second-order valence-corrected chi connectivity index (χ2v) is 5.79. The summed E-state index contributed by atoms with van der Waals surface area (Å²) in [7, 11) is 0. The van der Waals surface area contributed by atoms with E-state index in [0.717, 1.165) is 12.8 Å². The molecule has 0 spiro atoms. The number of ether oxygens (including phenoxy) is 1. The standard InChI is InChI=1S/C14H24N4O3/c1-6-8-9-21-12-10(18(19)20)11(15-7-2)16-13(17-12)14(3,4)5/h6-9H2,1-5H3,(H,15,16,17). The van der Waals surface area contributed by atoms with Crippen LogP contribution in [0, 0.1) is 10.1 Å². The molecule has 7 nitrogen and oxygen atoms in total. The van der Waals surface area contributed by atoms with Crippen molar-refractivity contribution in [3.63, 3.8) is 0 Å². The molecule has 1 aromatic rings. The molecule has 0 bridgehead atoms. The third-order valence-corrected chi connectivity index (χ3v) is 2.79. The van der Waals surface area contributed by atoms with Crippen molar-refractivity contribution < 1.29 is 9.66 Å². The number of rotatable bonds is 7. The summed E-state index contributed by atoms with van der Waals surface area (Å²) < 4.78 is 5.53. The van der Waals surface area contributed by atoms with E-state index in [0.29, 0.717) is 19.0 Å². The summed E-state index contributed by atoms with van der Waals surface area (Å²) in [6.45, 7) is 10.7. The maximum Gasteiger partial charge on any atom is 0.372 e.